The van der Waals surface area contributed by atoms with Crippen molar-refractivity contribution in [2.45, 2.75) is 51.2 Å². The molecular formula is C20H26N2O3. The number of rotatable bonds is 2. The number of fused-ring (bicyclic) bond motifs is 3. The van der Waals surface area contributed by atoms with Gasteiger partial charge in [-0.15, -0.1) is 0 Å². The topological polar surface area (TPSA) is 47.7 Å². The highest BCUT2D eigenvalue weighted by Gasteiger charge is 2.39. The summed E-state index contributed by atoms with van der Waals surface area (Å²) in [5, 5.41) is 0. The third-order valence-electron chi connectivity index (χ3n) is 5.22. The predicted octanol–water partition coefficient (Wildman–Crippen LogP) is 3.87. The van der Waals surface area contributed by atoms with Crippen LogP contribution in [0.25, 0.3) is 0 Å². The maximum atomic E-state index is 6.16. The Bertz CT molecular complexity index is 763. The number of aromatic nitrogens is 1. The van der Waals surface area contributed by atoms with Crippen LogP contribution < -0.4 is 9.64 Å². The largest absolute Gasteiger partial charge is 0.497 e. The van der Waals surface area contributed by atoms with E-state index in [-0.39, 0.29) is 17.6 Å². The van der Waals surface area contributed by atoms with Gasteiger partial charge in [0.25, 0.3) is 6.01 Å². The lowest BCUT2D eigenvalue weighted by atomic mass is 9.84. The molecule has 134 valence electrons. The van der Waals surface area contributed by atoms with E-state index in [2.05, 4.69) is 42.8 Å². The Morgan fingerprint density at radius 1 is 1.28 bits per heavy atom. The zero-order chi connectivity index (χ0) is 17.6. The minimum Gasteiger partial charge on any atom is -0.497 e. The maximum absolute atomic E-state index is 6.16. The van der Waals surface area contributed by atoms with Crippen molar-refractivity contribution in [2.24, 2.45) is 0 Å². The van der Waals surface area contributed by atoms with Crippen molar-refractivity contribution >= 4 is 6.01 Å². The molecule has 2 atom stereocenters. The standard InChI is InChI=1S/C20H26N2O3/c1-20(2,3)17-12-21-19(25-17)22-9-10-24-18-15-7-6-14(23-4)11-13(15)5-8-16(18)22/h6-7,11-12,16,18H,5,8-10H2,1-4H3. The molecule has 25 heavy (non-hydrogen) atoms. The molecule has 0 N–H and O–H groups in total. The monoisotopic (exact) mass is 342 g/mol. The van der Waals surface area contributed by atoms with E-state index in [4.69, 9.17) is 13.9 Å². The van der Waals surface area contributed by atoms with E-state index in [0.717, 1.165) is 36.9 Å². The molecule has 1 aromatic heterocycles. The molecule has 0 radical (unpaired) electrons. The van der Waals surface area contributed by atoms with Gasteiger partial charge in [0.1, 0.15) is 17.6 Å². The zero-order valence-corrected chi connectivity index (χ0v) is 15.4. The lowest BCUT2D eigenvalue weighted by Gasteiger charge is -2.43. The van der Waals surface area contributed by atoms with E-state index in [9.17, 15) is 0 Å². The first-order valence-electron chi connectivity index (χ1n) is 8.99. The van der Waals surface area contributed by atoms with Crippen LogP contribution in [0.3, 0.4) is 0 Å². The minimum atomic E-state index is -0.0351. The molecule has 0 saturated carbocycles. The Morgan fingerprint density at radius 2 is 2.12 bits per heavy atom. The van der Waals surface area contributed by atoms with E-state index in [1.54, 1.807) is 7.11 Å². The molecule has 4 rings (SSSR count). The summed E-state index contributed by atoms with van der Waals surface area (Å²) in [5.74, 6) is 1.83. The van der Waals surface area contributed by atoms with Gasteiger partial charge in [0.15, 0.2) is 0 Å². The van der Waals surface area contributed by atoms with Gasteiger partial charge in [0.05, 0.1) is 26.0 Å². The highest BCUT2D eigenvalue weighted by molar-refractivity contribution is 5.43. The first-order valence-corrected chi connectivity index (χ1v) is 8.99. The minimum absolute atomic E-state index is 0.0351. The van der Waals surface area contributed by atoms with Crippen molar-refractivity contribution < 1.29 is 13.9 Å². The molecule has 0 spiro atoms. The first kappa shape index (κ1) is 16.5. The number of hydrogen-bond donors (Lipinski definition) is 0. The molecule has 1 saturated heterocycles. The summed E-state index contributed by atoms with van der Waals surface area (Å²) >= 11 is 0. The number of morpholine rings is 1. The summed E-state index contributed by atoms with van der Waals surface area (Å²) < 4.78 is 17.6. The van der Waals surface area contributed by atoms with Gasteiger partial charge in [-0.05, 0) is 36.1 Å². The van der Waals surface area contributed by atoms with Crippen LogP contribution in [0.4, 0.5) is 6.01 Å². The summed E-state index contributed by atoms with van der Waals surface area (Å²) in [7, 11) is 1.71. The van der Waals surface area contributed by atoms with E-state index in [1.165, 1.54) is 11.1 Å². The highest BCUT2D eigenvalue weighted by Crippen LogP contribution is 2.41. The SMILES string of the molecule is COc1ccc2c(c1)CCC1C2OCCN1c1ncc(C(C)(C)C)o1. The van der Waals surface area contributed by atoms with Crippen LogP contribution in [0, 0.1) is 0 Å². The molecular weight excluding hydrogens is 316 g/mol. The Hall–Kier alpha value is -2.01. The van der Waals surface area contributed by atoms with Crippen molar-refractivity contribution in [3.05, 3.63) is 41.3 Å². The van der Waals surface area contributed by atoms with Crippen LogP contribution in [0.2, 0.25) is 0 Å². The van der Waals surface area contributed by atoms with Gasteiger partial charge in [-0.1, -0.05) is 26.8 Å². The normalized spacial score (nSPS) is 23.1. The number of oxazole rings is 1. The van der Waals surface area contributed by atoms with Crippen LogP contribution in [0.5, 0.6) is 5.75 Å². The Morgan fingerprint density at radius 3 is 2.84 bits per heavy atom. The Labute approximate surface area is 148 Å². The average molecular weight is 342 g/mol. The van der Waals surface area contributed by atoms with Crippen molar-refractivity contribution in [3.8, 4) is 5.75 Å². The highest BCUT2D eigenvalue weighted by atomic mass is 16.5. The van der Waals surface area contributed by atoms with E-state index >= 15 is 0 Å². The molecule has 5 nitrogen and oxygen atoms in total. The van der Waals surface area contributed by atoms with Gasteiger partial charge in [-0.2, -0.15) is 0 Å². The fourth-order valence-electron chi connectivity index (χ4n) is 3.81. The second-order valence-electron chi connectivity index (χ2n) is 7.91. The second kappa shape index (κ2) is 6.06. The lowest BCUT2D eigenvalue weighted by molar-refractivity contribution is 0.000536. The number of methoxy groups -OCH3 is 1. The second-order valence-corrected chi connectivity index (χ2v) is 7.91. The quantitative estimate of drug-likeness (QED) is 0.829. The van der Waals surface area contributed by atoms with Crippen LogP contribution in [-0.2, 0) is 16.6 Å². The molecule has 0 amide bonds. The number of nitrogens with zero attached hydrogens (tertiary/aromatic N) is 2. The summed E-state index contributed by atoms with van der Waals surface area (Å²) in [4.78, 5) is 6.85. The summed E-state index contributed by atoms with van der Waals surface area (Å²) in [5.41, 5.74) is 2.56. The van der Waals surface area contributed by atoms with Crippen LogP contribution in [0.1, 0.15) is 50.2 Å². The molecule has 0 bridgehead atoms. The molecule has 2 aromatic rings. The Kier molecular flexibility index (Phi) is 3.99. The van der Waals surface area contributed by atoms with Gasteiger partial charge in [0, 0.05) is 12.0 Å². The fraction of sp³-hybridized carbons (Fsp3) is 0.550. The van der Waals surface area contributed by atoms with Crippen molar-refractivity contribution in [3.63, 3.8) is 0 Å². The van der Waals surface area contributed by atoms with Gasteiger partial charge in [0.2, 0.25) is 0 Å². The number of ether oxygens (including phenoxy) is 2. The molecule has 1 aliphatic heterocycles. The molecule has 2 unspecified atom stereocenters. The van der Waals surface area contributed by atoms with Crippen molar-refractivity contribution in [2.75, 3.05) is 25.2 Å². The van der Waals surface area contributed by atoms with Gasteiger partial charge < -0.3 is 18.8 Å². The molecule has 2 aliphatic rings. The maximum Gasteiger partial charge on any atom is 0.297 e. The molecule has 1 aromatic carbocycles. The molecule has 5 heteroatoms. The van der Waals surface area contributed by atoms with Crippen LogP contribution >= 0.6 is 0 Å². The summed E-state index contributed by atoms with van der Waals surface area (Å²) in [6.07, 6.45) is 3.97. The summed E-state index contributed by atoms with van der Waals surface area (Å²) in [6, 6.07) is 7.29. The van der Waals surface area contributed by atoms with E-state index in [1.807, 2.05) is 12.3 Å². The summed E-state index contributed by atoms with van der Waals surface area (Å²) in [6.45, 7) is 7.92. The van der Waals surface area contributed by atoms with E-state index in [0.29, 0.717) is 6.61 Å². The predicted molar refractivity (Wildman–Crippen MR) is 96.3 cm³/mol. The fourth-order valence-corrected chi connectivity index (χ4v) is 3.81. The van der Waals surface area contributed by atoms with Gasteiger partial charge in [-0.25, -0.2) is 4.98 Å². The number of aryl methyl sites for hydroxylation is 1. The van der Waals surface area contributed by atoms with E-state index < -0.39 is 0 Å². The first-order chi connectivity index (χ1) is 12.0. The zero-order valence-electron chi connectivity index (χ0n) is 15.4. The Balaban J connectivity index is 1.64. The molecule has 1 fully saturated rings. The third kappa shape index (κ3) is 2.91. The molecule has 1 aliphatic carbocycles. The van der Waals surface area contributed by atoms with Crippen LogP contribution in [0.15, 0.2) is 28.8 Å². The van der Waals surface area contributed by atoms with Crippen molar-refractivity contribution in [1.82, 2.24) is 4.98 Å². The van der Waals surface area contributed by atoms with Gasteiger partial charge in [-0.3, -0.25) is 0 Å². The van der Waals surface area contributed by atoms with Gasteiger partial charge >= 0.3 is 0 Å². The average Bonchev–Trinajstić information content (AvgIpc) is 3.10. The number of hydrogen-bond acceptors (Lipinski definition) is 5. The molecule has 2 heterocycles. The van der Waals surface area contributed by atoms with Crippen molar-refractivity contribution in [1.29, 1.82) is 0 Å². The number of benzene rings is 1. The van der Waals surface area contributed by atoms with Crippen LogP contribution in [-0.4, -0.2) is 31.3 Å². The lowest BCUT2D eigenvalue weighted by Crippen LogP contribution is -2.49. The third-order valence-corrected chi connectivity index (χ3v) is 5.22. The smallest absolute Gasteiger partial charge is 0.297 e. The number of anilines is 1.